The van der Waals surface area contributed by atoms with Crippen LogP contribution in [0.25, 0.3) is 22.2 Å². The Labute approximate surface area is 113 Å². The Bertz CT molecular complexity index is 703. The average molecular weight is 302 g/mol. The average Bonchev–Trinajstić information content (AvgIpc) is 2.81. The van der Waals surface area contributed by atoms with Gasteiger partial charge in [0.1, 0.15) is 0 Å². The highest BCUT2D eigenvalue weighted by atomic mass is 79.9. The number of pyridine rings is 1. The molecule has 0 aliphatic heterocycles. The molecule has 0 saturated heterocycles. The second-order valence-electron chi connectivity index (χ2n) is 4.15. The molecule has 3 aromatic rings. The fourth-order valence-electron chi connectivity index (χ4n) is 2.05. The van der Waals surface area contributed by atoms with Crippen LogP contribution in [0.2, 0.25) is 0 Å². The number of aromatic nitrogens is 2. The number of H-pyrrole nitrogens is 1. The van der Waals surface area contributed by atoms with Crippen molar-refractivity contribution in [1.82, 2.24) is 9.97 Å². The molecule has 0 bridgehead atoms. The van der Waals surface area contributed by atoms with E-state index in [9.17, 15) is 0 Å². The van der Waals surface area contributed by atoms with Crippen LogP contribution in [-0.4, -0.2) is 9.97 Å². The number of nitrogens with one attached hydrogen (secondary N) is 1. The molecule has 0 aliphatic carbocycles. The fraction of sp³-hybridized carbons (Fsp3) is 0.0714. The number of benzene rings is 1. The quantitative estimate of drug-likeness (QED) is 0.762. The van der Waals surface area contributed by atoms with E-state index in [2.05, 4.69) is 38.0 Å². The molecular weight excluding hydrogens is 290 g/mol. The highest BCUT2D eigenvalue weighted by Crippen LogP contribution is 2.29. The lowest BCUT2D eigenvalue weighted by Crippen LogP contribution is -1.96. The van der Waals surface area contributed by atoms with Crippen molar-refractivity contribution in [3.05, 3.63) is 52.8 Å². The van der Waals surface area contributed by atoms with E-state index >= 15 is 0 Å². The first-order chi connectivity index (χ1) is 8.78. The summed E-state index contributed by atoms with van der Waals surface area (Å²) in [6.45, 7) is 0.529. The van der Waals surface area contributed by atoms with Gasteiger partial charge in [-0.1, -0.05) is 15.9 Å². The van der Waals surface area contributed by atoms with Crippen LogP contribution in [-0.2, 0) is 6.54 Å². The number of nitrogens with two attached hydrogens (primary N) is 1. The van der Waals surface area contributed by atoms with E-state index in [1.807, 2.05) is 24.4 Å². The molecule has 18 heavy (non-hydrogen) atoms. The van der Waals surface area contributed by atoms with Gasteiger partial charge in [-0.05, 0) is 35.9 Å². The van der Waals surface area contributed by atoms with Gasteiger partial charge in [-0.3, -0.25) is 4.98 Å². The number of nitrogens with zero attached hydrogens (tertiary/aromatic N) is 1. The normalized spacial score (nSPS) is 11.0. The van der Waals surface area contributed by atoms with E-state index in [-0.39, 0.29) is 0 Å². The van der Waals surface area contributed by atoms with Gasteiger partial charge in [-0.25, -0.2) is 0 Å². The van der Waals surface area contributed by atoms with Crippen molar-refractivity contribution in [2.75, 3.05) is 0 Å². The SMILES string of the molecule is NCc1ccnc(-c2c[nH]c3ccc(Br)cc23)c1. The van der Waals surface area contributed by atoms with Crippen LogP contribution < -0.4 is 5.73 Å². The van der Waals surface area contributed by atoms with Crippen molar-refractivity contribution in [3.8, 4) is 11.3 Å². The molecule has 0 aliphatic rings. The maximum atomic E-state index is 5.67. The summed E-state index contributed by atoms with van der Waals surface area (Å²) in [5, 5.41) is 1.16. The summed E-state index contributed by atoms with van der Waals surface area (Å²) < 4.78 is 1.06. The summed E-state index contributed by atoms with van der Waals surface area (Å²) in [5.41, 5.74) is 9.90. The summed E-state index contributed by atoms with van der Waals surface area (Å²) in [6, 6.07) is 10.1. The van der Waals surface area contributed by atoms with Crippen LogP contribution in [0.15, 0.2) is 47.2 Å². The number of rotatable bonds is 2. The van der Waals surface area contributed by atoms with Gasteiger partial charge in [-0.15, -0.1) is 0 Å². The van der Waals surface area contributed by atoms with Gasteiger partial charge in [0, 0.05) is 39.9 Å². The minimum Gasteiger partial charge on any atom is -0.360 e. The highest BCUT2D eigenvalue weighted by Gasteiger charge is 2.08. The van der Waals surface area contributed by atoms with Crippen LogP contribution in [0.4, 0.5) is 0 Å². The third-order valence-electron chi connectivity index (χ3n) is 2.98. The lowest BCUT2D eigenvalue weighted by atomic mass is 10.1. The Hall–Kier alpha value is -1.65. The standard InChI is InChI=1S/C14H12BrN3/c15-10-1-2-13-11(6-10)12(8-18-13)14-5-9(7-16)3-4-17-14/h1-6,8,18H,7,16H2. The number of hydrogen-bond donors (Lipinski definition) is 2. The van der Waals surface area contributed by atoms with Crippen molar-refractivity contribution in [3.63, 3.8) is 0 Å². The molecule has 90 valence electrons. The minimum atomic E-state index is 0.529. The van der Waals surface area contributed by atoms with Crippen molar-refractivity contribution in [1.29, 1.82) is 0 Å². The lowest BCUT2D eigenvalue weighted by Gasteiger charge is -2.02. The minimum absolute atomic E-state index is 0.529. The molecule has 2 aromatic heterocycles. The smallest absolute Gasteiger partial charge is 0.0726 e. The van der Waals surface area contributed by atoms with Gasteiger partial charge >= 0.3 is 0 Å². The first-order valence-electron chi connectivity index (χ1n) is 5.70. The third kappa shape index (κ3) is 1.94. The van der Waals surface area contributed by atoms with E-state index in [0.29, 0.717) is 6.54 Å². The van der Waals surface area contributed by atoms with Gasteiger partial charge in [0.2, 0.25) is 0 Å². The largest absolute Gasteiger partial charge is 0.360 e. The second-order valence-corrected chi connectivity index (χ2v) is 5.06. The van der Waals surface area contributed by atoms with E-state index in [1.54, 1.807) is 6.20 Å². The van der Waals surface area contributed by atoms with Crippen LogP contribution in [0.3, 0.4) is 0 Å². The number of halogens is 1. The third-order valence-corrected chi connectivity index (χ3v) is 3.47. The fourth-order valence-corrected chi connectivity index (χ4v) is 2.41. The summed E-state index contributed by atoms with van der Waals surface area (Å²) in [5.74, 6) is 0. The number of aromatic amines is 1. The lowest BCUT2D eigenvalue weighted by molar-refractivity contribution is 1.06. The highest BCUT2D eigenvalue weighted by molar-refractivity contribution is 9.10. The Kier molecular flexibility index (Phi) is 2.89. The Morgan fingerprint density at radius 2 is 2.11 bits per heavy atom. The number of fused-ring (bicyclic) bond motifs is 1. The first kappa shape index (κ1) is 11.4. The zero-order valence-electron chi connectivity index (χ0n) is 9.65. The molecule has 1 aromatic carbocycles. The number of hydrogen-bond acceptors (Lipinski definition) is 2. The van der Waals surface area contributed by atoms with Gasteiger partial charge < -0.3 is 10.7 Å². The molecule has 0 unspecified atom stereocenters. The van der Waals surface area contributed by atoms with Gasteiger partial charge in [0.05, 0.1) is 5.69 Å². The molecule has 0 saturated carbocycles. The van der Waals surface area contributed by atoms with Crippen LogP contribution >= 0.6 is 15.9 Å². The molecule has 3 N–H and O–H groups in total. The monoisotopic (exact) mass is 301 g/mol. The molecule has 2 heterocycles. The van der Waals surface area contributed by atoms with Gasteiger partial charge in [0.15, 0.2) is 0 Å². The molecule has 4 heteroatoms. The first-order valence-corrected chi connectivity index (χ1v) is 6.49. The van der Waals surface area contributed by atoms with Crippen LogP contribution in [0.1, 0.15) is 5.56 Å². The molecular formula is C14H12BrN3. The maximum absolute atomic E-state index is 5.67. The van der Waals surface area contributed by atoms with Crippen molar-refractivity contribution in [2.45, 2.75) is 6.54 Å². The molecule has 0 spiro atoms. The molecule has 0 fully saturated rings. The summed E-state index contributed by atoms with van der Waals surface area (Å²) in [7, 11) is 0. The van der Waals surface area contributed by atoms with Crippen molar-refractivity contribution < 1.29 is 0 Å². The molecule has 0 amide bonds. The zero-order chi connectivity index (χ0) is 12.5. The molecule has 3 rings (SSSR count). The van der Waals surface area contributed by atoms with E-state index < -0.39 is 0 Å². The predicted molar refractivity (Wildman–Crippen MR) is 77.1 cm³/mol. The summed E-state index contributed by atoms with van der Waals surface area (Å²) in [6.07, 6.45) is 3.79. The predicted octanol–water partition coefficient (Wildman–Crippen LogP) is 3.45. The van der Waals surface area contributed by atoms with E-state index in [4.69, 9.17) is 5.73 Å². The van der Waals surface area contributed by atoms with Crippen molar-refractivity contribution in [2.24, 2.45) is 5.73 Å². The Balaban J connectivity index is 2.21. The molecule has 0 radical (unpaired) electrons. The Morgan fingerprint density at radius 1 is 1.22 bits per heavy atom. The van der Waals surface area contributed by atoms with Gasteiger partial charge in [0.25, 0.3) is 0 Å². The maximum Gasteiger partial charge on any atom is 0.0726 e. The Morgan fingerprint density at radius 3 is 2.94 bits per heavy atom. The van der Waals surface area contributed by atoms with Crippen molar-refractivity contribution >= 4 is 26.8 Å². The molecule has 0 atom stereocenters. The summed E-state index contributed by atoms with van der Waals surface area (Å²) >= 11 is 3.50. The topological polar surface area (TPSA) is 54.7 Å². The van der Waals surface area contributed by atoms with E-state index in [0.717, 1.165) is 32.2 Å². The second kappa shape index (κ2) is 4.55. The summed E-state index contributed by atoms with van der Waals surface area (Å²) in [4.78, 5) is 7.68. The van der Waals surface area contributed by atoms with Gasteiger partial charge in [-0.2, -0.15) is 0 Å². The zero-order valence-corrected chi connectivity index (χ0v) is 11.2. The van der Waals surface area contributed by atoms with Crippen LogP contribution in [0.5, 0.6) is 0 Å². The molecule has 3 nitrogen and oxygen atoms in total. The van der Waals surface area contributed by atoms with E-state index in [1.165, 1.54) is 0 Å². The van der Waals surface area contributed by atoms with Crippen LogP contribution in [0, 0.1) is 0 Å².